The van der Waals surface area contributed by atoms with Crippen LogP contribution in [0.1, 0.15) is 12.8 Å². The molecule has 74 valence electrons. The van der Waals surface area contributed by atoms with Crippen LogP contribution in [-0.4, -0.2) is 16.0 Å². The summed E-state index contributed by atoms with van der Waals surface area (Å²) in [5.41, 5.74) is 0. The third-order valence-electron chi connectivity index (χ3n) is 1.82. The van der Waals surface area contributed by atoms with Crippen molar-refractivity contribution in [1.82, 2.24) is 4.98 Å². The standard InChI is InChI=1S/C8H7IN2O3/c9-6-3-4-10-8(11(12)13)7(6)14-5-1-2-5/h3-5H,1-2H2. The van der Waals surface area contributed by atoms with Crippen LogP contribution in [0.3, 0.4) is 0 Å². The van der Waals surface area contributed by atoms with Crippen LogP contribution in [0.4, 0.5) is 5.82 Å². The van der Waals surface area contributed by atoms with Gasteiger partial charge in [0.25, 0.3) is 0 Å². The number of aromatic nitrogens is 1. The van der Waals surface area contributed by atoms with Gasteiger partial charge in [-0.3, -0.25) is 0 Å². The van der Waals surface area contributed by atoms with Crippen LogP contribution in [0, 0.1) is 13.7 Å². The lowest BCUT2D eigenvalue weighted by Crippen LogP contribution is -2.03. The van der Waals surface area contributed by atoms with Crippen LogP contribution in [0.5, 0.6) is 5.75 Å². The van der Waals surface area contributed by atoms with E-state index >= 15 is 0 Å². The number of nitrogens with zero attached hydrogens (tertiary/aromatic N) is 2. The zero-order chi connectivity index (χ0) is 10.1. The highest BCUT2D eigenvalue weighted by Gasteiger charge is 2.29. The van der Waals surface area contributed by atoms with Crippen LogP contribution in [0.2, 0.25) is 0 Å². The smallest absolute Gasteiger partial charge is 0.407 e. The monoisotopic (exact) mass is 306 g/mol. The van der Waals surface area contributed by atoms with Crippen LogP contribution < -0.4 is 4.74 Å². The van der Waals surface area contributed by atoms with Gasteiger partial charge in [-0.05, 0) is 51.4 Å². The van der Waals surface area contributed by atoms with Crippen molar-refractivity contribution in [2.75, 3.05) is 0 Å². The van der Waals surface area contributed by atoms with E-state index in [1.807, 2.05) is 22.6 Å². The highest BCUT2D eigenvalue weighted by Crippen LogP contribution is 2.35. The highest BCUT2D eigenvalue weighted by atomic mass is 127. The predicted molar refractivity (Wildman–Crippen MR) is 57.3 cm³/mol. The molecule has 1 aliphatic rings. The van der Waals surface area contributed by atoms with Crippen molar-refractivity contribution in [2.45, 2.75) is 18.9 Å². The summed E-state index contributed by atoms with van der Waals surface area (Å²) in [6, 6.07) is 1.70. The van der Waals surface area contributed by atoms with Gasteiger partial charge in [0.05, 0.1) is 9.67 Å². The minimum Gasteiger partial charge on any atom is -0.482 e. The SMILES string of the molecule is O=[N+]([O-])c1nccc(I)c1OC1CC1. The van der Waals surface area contributed by atoms with E-state index in [2.05, 4.69) is 4.98 Å². The largest absolute Gasteiger partial charge is 0.482 e. The first-order valence-corrected chi connectivity index (χ1v) is 5.22. The van der Waals surface area contributed by atoms with Crippen LogP contribution in [0.25, 0.3) is 0 Å². The minimum atomic E-state index is -0.514. The molecular formula is C8H7IN2O3. The first kappa shape index (κ1) is 9.63. The van der Waals surface area contributed by atoms with E-state index in [9.17, 15) is 10.1 Å². The van der Waals surface area contributed by atoms with Crippen molar-refractivity contribution < 1.29 is 9.66 Å². The molecule has 1 aliphatic carbocycles. The molecule has 0 amide bonds. The van der Waals surface area contributed by atoms with Crippen molar-refractivity contribution >= 4 is 28.4 Å². The molecule has 0 atom stereocenters. The van der Waals surface area contributed by atoms with E-state index in [1.54, 1.807) is 6.07 Å². The molecule has 1 saturated carbocycles. The third-order valence-corrected chi connectivity index (χ3v) is 2.67. The van der Waals surface area contributed by atoms with Crippen molar-refractivity contribution in [3.8, 4) is 5.75 Å². The number of ether oxygens (including phenoxy) is 1. The van der Waals surface area contributed by atoms with E-state index in [1.165, 1.54) is 6.20 Å². The first-order valence-electron chi connectivity index (χ1n) is 4.14. The average Bonchev–Trinajstić information content (AvgIpc) is 2.91. The fourth-order valence-electron chi connectivity index (χ4n) is 1.01. The van der Waals surface area contributed by atoms with Gasteiger partial charge < -0.3 is 14.9 Å². The Morgan fingerprint density at radius 1 is 1.64 bits per heavy atom. The Hall–Kier alpha value is -0.920. The summed E-state index contributed by atoms with van der Waals surface area (Å²) in [5, 5.41) is 10.6. The predicted octanol–water partition coefficient (Wildman–Crippen LogP) is 2.14. The maximum absolute atomic E-state index is 10.6. The van der Waals surface area contributed by atoms with Gasteiger partial charge in [-0.15, -0.1) is 0 Å². The Balaban J connectivity index is 2.36. The van der Waals surface area contributed by atoms with Crippen LogP contribution >= 0.6 is 22.6 Å². The fraction of sp³-hybridized carbons (Fsp3) is 0.375. The second-order valence-electron chi connectivity index (χ2n) is 3.02. The lowest BCUT2D eigenvalue weighted by atomic mass is 10.4. The maximum Gasteiger partial charge on any atom is 0.407 e. The number of pyridine rings is 1. The molecule has 0 aromatic carbocycles. The normalized spacial score (nSPS) is 15.2. The van der Waals surface area contributed by atoms with E-state index in [-0.39, 0.29) is 11.9 Å². The fourth-order valence-corrected chi connectivity index (χ4v) is 1.54. The van der Waals surface area contributed by atoms with Crippen molar-refractivity contribution in [1.29, 1.82) is 0 Å². The molecule has 1 fully saturated rings. The van der Waals surface area contributed by atoms with Crippen molar-refractivity contribution in [3.05, 3.63) is 25.9 Å². The lowest BCUT2D eigenvalue weighted by molar-refractivity contribution is -0.390. The molecule has 5 nitrogen and oxygen atoms in total. The van der Waals surface area contributed by atoms with E-state index in [0.29, 0.717) is 5.75 Å². The number of nitro groups is 1. The van der Waals surface area contributed by atoms with Gasteiger partial charge >= 0.3 is 5.82 Å². The molecule has 1 aromatic heterocycles. The summed E-state index contributed by atoms with van der Waals surface area (Å²) in [4.78, 5) is 13.8. The molecule has 1 heterocycles. The number of halogens is 1. The van der Waals surface area contributed by atoms with Crippen molar-refractivity contribution in [3.63, 3.8) is 0 Å². The number of rotatable bonds is 3. The third kappa shape index (κ3) is 1.94. The molecule has 0 aliphatic heterocycles. The van der Waals surface area contributed by atoms with E-state index in [0.717, 1.165) is 16.4 Å². The molecule has 1 aromatic rings. The van der Waals surface area contributed by atoms with Gasteiger partial charge in [-0.2, -0.15) is 0 Å². The summed E-state index contributed by atoms with van der Waals surface area (Å²) in [6.07, 6.45) is 3.51. The summed E-state index contributed by atoms with van der Waals surface area (Å²) >= 11 is 2.01. The molecule has 0 saturated heterocycles. The van der Waals surface area contributed by atoms with Gasteiger partial charge in [0.2, 0.25) is 5.75 Å². The summed E-state index contributed by atoms with van der Waals surface area (Å²) < 4.78 is 6.17. The molecule has 0 spiro atoms. The molecule has 14 heavy (non-hydrogen) atoms. The first-order chi connectivity index (χ1) is 6.68. The van der Waals surface area contributed by atoms with Crippen LogP contribution in [0.15, 0.2) is 12.3 Å². The second-order valence-corrected chi connectivity index (χ2v) is 4.18. The molecule has 0 unspecified atom stereocenters. The van der Waals surface area contributed by atoms with Gasteiger partial charge in [0.1, 0.15) is 6.20 Å². The average molecular weight is 306 g/mol. The van der Waals surface area contributed by atoms with Crippen molar-refractivity contribution in [2.24, 2.45) is 0 Å². The highest BCUT2D eigenvalue weighted by molar-refractivity contribution is 14.1. The molecule has 2 rings (SSSR count). The van der Waals surface area contributed by atoms with Gasteiger partial charge in [0, 0.05) is 0 Å². The Kier molecular flexibility index (Phi) is 2.53. The Bertz CT molecular complexity index is 379. The minimum absolute atomic E-state index is 0.145. The van der Waals surface area contributed by atoms with Gasteiger partial charge in [-0.25, -0.2) is 0 Å². The lowest BCUT2D eigenvalue weighted by Gasteiger charge is -2.05. The topological polar surface area (TPSA) is 65.3 Å². The Morgan fingerprint density at radius 2 is 2.36 bits per heavy atom. The zero-order valence-corrected chi connectivity index (χ0v) is 9.30. The number of hydrogen-bond acceptors (Lipinski definition) is 4. The summed E-state index contributed by atoms with van der Waals surface area (Å²) in [5.74, 6) is 0.115. The number of hydrogen-bond donors (Lipinski definition) is 0. The van der Waals surface area contributed by atoms with Gasteiger partial charge in [0.15, 0.2) is 0 Å². The van der Waals surface area contributed by atoms with E-state index < -0.39 is 4.92 Å². The van der Waals surface area contributed by atoms with Crippen LogP contribution in [-0.2, 0) is 0 Å². The quantitative estimate of drug-likeness (QED) is 0.487. The van der Waals surface area contributed by atoms with E-state index in [4.69, 9.17) is 4.74 Å². The molecule has 0 bridgehead atoms. The van der Waals surface area contributed by atoms with Gasteiger partial charge in [-0.1, -0.05) is 0 Å². The second kappa shape index (κ2) is 3.68. The summed E-state index contributed by atoms with van der Waals surface area (Å²) in [6.45, 7) is 0. The molecule has 0 N–H and O–H groups in total. The maximum atomic E-state index is 10.6. The Labute approximate surface area is 93.8 Å². The zero-order valence-electron chi connectivity index (χ0n) is 7.14. The summed E-state index contributed by atoms with van der Waals surface area (Å²) in [7, 11) is 0. The molecule has 6 heteroatoms. The Morgan fingerprint density at radius 3 is 2.93 bits per heavy atom. The molecule has 0 radical (unpaired) electrons. The molecular weight excluding hydrogens is 299 g/mol.